The highest BCUT2D eigenvalue weighted by atomic mass is 79.9. The van der Waals surface area contributed by atoms with E-state index in [2.05, 4.69) is 31.4 Å². The number of nitrogens with zero attached hydrogens (tertiary/aromatic N) is 3. The Kier molecular flexibility index (Phi) is 5.43. The van der Waals surface area contributed by atoms with Gasteiger partial charge in [0.15, 0.2) is 0 Å². The van der Waals surface area contributed by atoms with E-state index >= 15 is 0 Å². The van der Waals surface area contributed by atoms with Gasteiger partial charge in [0.2, 0.25) is 11.7 Å². The quantitative estimate of drug-likeness (QED) is 0.605. The molecule has 1 aromatic heterocycles. The topological polar surface area (TPSA) is 71.3 Å². The molecular formula is C21H21BrN4O2. The molecule has 2 amide bonds. The lowest BCUT2D eigenvalue weighted by molar-refractivity contribution is 0.187. The molecule has 0 atom stereocenters. The third kappa shape index (κ3) is 4.25. The number of rotatable bonds is 3. The van der Waals surface area contributed by atoms with E-state index < -0.39 is 0 Å². The van der Waals surface area contributed by atoms with Crippen LogP contribution in [0.15, 0.2) is 57.5 Å². The molecule has 1 saturated heterocycles. The van der Waals surface area contributed by atoms with Gasteiger partial charge in [-0.2, -0.15) is 4.98 Å². The van der Waals surface area contributed by atoms with Crippen molar-refractivity contribution in [2.24, 2.45) is 0 Å². The highest BCUT2D eigenvalue weighted by molar-refractivity contribution is 9.10. The Bertz CT molecular complexity index is 945. The molecule has 0 unspecified atom stereocenters. The number of benzene rings is 2. The van der Waals surface area contributed by atoms with Crippen LogP contribution in [0, 0.1) is 6.92 Å². The van der Waals surface area contributed by atoms with Crippen LogP contribution in [0.25, 0.3) is 11.4 Å². The first-order valence-corrected chi connectivity index (χ1v) is 10.1. The summed E-state index contributed by atoms with van der Waals surface area (Å²) >= 11 is 3.39. The molecule has 2 heterocycles. The standard InChI is InChI=1S/C21H21BrN4O2/c1-14-2-4-15(5-3-14)19-24-20(28-25-19)16-10-12-26(13-11-16)21(27)23-18-8-6-17(22)7-9-18/h2-9,16H,10-13H2,1H3,(H,23,27). The number of urea groups is 1. The fraction of sp³-hybridized carbons (Fsp3) is 0.286. The maximum Gasteiger partial charge on any atom is 0.321 e. The van der Waals surface area contributed by atoms with E-state index in [0.717, 1.165) is 28.6 Å². The summed E-state index contributed by atoms with van der Waals surface area (Å²) in [4.78, 5) is 18.9. The molecule has 144 valence electrons. The minimum absolute atomic E-state index is 0.0772. The van der Waals surface area contributed by atoms with Crippen molar-refractivity contribution in [1.29, 1.82) is 0 Å². The van der Waals surface area contributed by atoms with Crippen molar-refractivity contribution < 1.29 is 9.32 Å². The van der Waals surface area contributed by atoms with Crippen LogP contribution in [0.3, 0.4) is 0 Å². The van der Waals surface area contributed by atoms with Crippen LogP contribution in [0.4, 0.5) is 10.5 Å². The summed E-state index contributed by atoms with van der Waals surface area (Å²) in [5.74, 6) is 1.46. The Hall–Kier alpha value is -2.67. The van der Waals surface area contributed by atoms with Gasteiger partial charge in [0.1, 0.15) is 0 Å². The monoisotopic (exact) mass is 440 g/mol. The van der Waals surface area contributed by atoms with Crippen molar-refractivity contribution in [3.8, 4) is 11.4 Å². The molecule has 3 aromatic rings. The molecule has 7 heteroatoms. The van der Waals surface area contributed by atoms with E-state index in [0.29, 0.717) is 24.8 Å². The zero-order valence-electron chi connectivity index (χ0n) is 15.6. The Balaban J connectivity index is 1.34. The number of likely N-dealkylation sites (tertiary alicyclic amines) is 1. The minimum atomic E-state index is -0.0772. The number of carbonyl (C=O) groups is 1. The normalized spacial score (nSPS) is 14.9. The lowest BCUT2D eigenvalue weighted by atomic mass is 9.97. The second kappa shape index (κ2) is 8.14. The first-order valence-electron chi connectivity index (χ1n) is 9.30. The van der Waals surface area contributed by atoms with E-state index in [1.165, 1.54) is 5.56 Å². The van der Waals surface area contributed by atoms with Crippen molar-refractivity contribution in [1.82, 2.24) is 15.0 Å². The number of amides is 2. The Labute approximate surface area is 172 Å². The first-order chi connectivity index (χ1) is 13.6. The molecule has 28 heavy (non-hydrogen) atoms. The number of hydrogen-bond acceptors (Lipinski definition) is 4. The second-order valence-electron chi connectivity index (χ2n) is 7.02. The van der Waals surface area contributed by atoms with Gasteiger partial charge in [0, 0.05) is 34.7 Å². The maximum atomic E-state index is 12.5. The summed E-state index contributed by atoms with van der Waals surface area (Å²) in [7, 11) is 0. The fourth-order valence-corrected chi connectivity index (χ4v) is 3.55. The van der Waals surface area contributed by atoms with Crippen LogP contribution in [0.2, 0.25) is 0 Å². The molecular weight excluding hydrogens is 420 g/mol. The number of nitrogens with one attached hydrogen (secondary N) is 1. The predicted molar refractivity (Wildman–Crippen MR) is 111 cm³/mol. The summed E-state index contributed by atoms with van der Waals surface area (Å²) in [6, 6.07) is 15.6. The van der Waals surface area contributed by atoms with Gasteiger partial charge in [0.05, 0.1) is 0 Å². The Morgan fingerprint density at radius 3 is 2.46 bits per heavy atom. The Morgan fingerprint density at radius 1 is 1.11 bits per heavy atom. The number of piperidine rings is 1. The molecule has 0 aliphatic carbocycles. The van der Waals surface area contributed by atoms with Crippen molar-refractivity contribution in [2.75, 3.05) is 18.4 Å². The average molecular weight is 441 g/mol. The number of carbonyl (C=O) groups excluding carboxylic acids is 1. The molecule has 0 bridgehead atoms. The van der Waals surface area contributed by atoms with Gasteiger partial charge < -0.3 is 14.7 Å². The van der Waals surface area contributed by atoms with Crippen molar-refractivity contribution in [2.45, 2.75) is 25.7 Å². The highest BCUT2D eigenvalue weighted by Crippen LogP contribution is 2.29. The van der Waals surface area contributed by atoms with Crippen molar-refractivity contribution in [3.05, 3.63) is 64.5 Å². The molecule has 1 aliphatic rings. The predicted octanol–water partition coefficient (Wildman–Crippen LogP) is 5.22. The molecule has 2 aromatic carbocycles. The SMILES string of the molecule is Cc1ccc(-c2noc(C3CCN(C(=O)Nc4ccc(Br)cc4)CC3)n2)cc1. The van der Waals surface area contributed by atoms with E-state index in [-0.39, 0.29) is 11.9 Å². The summed E-state index contributed by atoms with van der Waals surface area (Å²) in [5, 5.41) is 7.06. The third-order valence-corrected chi connectivity index (χ3v) is 5.51. The van der Waals surface area contributed by atoms with Crippen LogP contribution in [0.1, 0.15) is 30.2 Å². The van der Waals surface area contributed by atoms with Crippen LogP contribution >= 0.6 is 15.9 Å². The molecule has 1 aliphatic heterocycles. The van der Waals surface area contributed by atoms with Crippen LogP contribution in [-0.4, -0.2) is 34.2 Å². The first kappa shape index (κ1) is 18.7. The zero-order chi connectivity index (χ0) is 19.5. The van der Waals surface area contributed by atoms with Gasteiger partial charge in [-0.25, -0.2) is 4.79 Å². The number of aromatic nitrogens is 2. The highest BCUT2D eigenvalue weighted by Gasteiger charge is 2.27. The number of anilines is 1. The molecule has 6 nitrogen and oxygen atoms in total. The van der Waals surface area contributed by atoms with Crippen LogP contribution < -0.4 is 5.32 Å². The van der Waals surface area contributed by atoms with Gasteiger partial charge in [-0.3, -0.25) is 0 Å². The van der Waals surface area contributed by atoms with Crippen LogP contribution in [-0.2, 0) is 0 Å². The largest absolute Gasteiger partial charge is 0.339 e. The number of hydrogen-bond donors (Lipinski definition) is 1. The molecule has 1 fully saturated rings. The summed E-state index contributed by atoms with van der Waals surface area (Å²) < 4.78 is 6.49. The molecule has 4 rings (SSSR count). The summed E-state index contributed by atoms with van der Waals surface area (Å²) in [5.41, 5.74) is 2.93. The van der Waals surface area contributed by atoms with Crippen LogP contribution in [0.5, 0.6) is 0 Å². The molecule has 0 radical (unpaired) electrons. The van der Waals surface area contributed by atoms with Gasteiger partial charge in [0.25, 0.3) is 0 Å². The maximum absolute atomic E-state index is 12.5. The summed E-state index contributed by atoms with van der Waals surface area (Å²) in [6.07, 6.45) is 1.62. The minimum Gasteiger partial charge on any atom is -0.339 e. The smallest absolute Gasteiger partial charge is 0.321 e. The van der Waals surface area contributed by atoms with E-state index in [4.69, 9.17) is 4.52 Å². The van der Waals surface area contributed by atoms with Crippen molar-refractivity contribution >= 4 is 27.6 Å². The van der Waals surface area contributed by atoms with Gasteiger partial charge in [-0.1, -0.05) is 50.9 Å². The molecule has 0 spiro atoms. The summed E-state index contributed by atoms with van der Waals surface area (Å²) in [6.45, 7) is 3.37. The lowest BCUT2D eigenvalue weighted by Gasteiger charge is -2.30. The van der Waals surface area contributed by atoms with E-state index in [1.54, 1.807) is 0 Å². The van der Waals surface area contributed by atoms with E-state index in [1.807, 2.05) is 60.4 Å². The Morgan fingerprint density at radius 2 is 1.79 bits per heavy atom. The molecule has 1 N–H and O–H groups in total. The lowest BCUT2D eigenvalue weighted by Crippen LogP contribution is -2.40. The van der Waals surface area contributed by atoms with Gasteiger partial charge in [-0.15, -0.1) is 0 Å². The number of halogens is 1. The third-order valence-electron chi connectivity index (χ3n) is 4.98. The van der Waals surface area contributed by atoms with Gasteiger partial charge >= 0.3 is 6.03 Å². The molecule has 0 saturated carbocycles. The average Bonchev–Trinajstić information content (AvgIpc) is 3.20. The van der Waals surface area contributed by atoms with E-state index in [9.17, 15) is 4.79 Å². The second-order valence-corrected chi connectivity index (χ2v) is 7.94. The fourth-order valence-electron chi connectivity index (χ4n) is 3.29. The zero-order valence-corrected chi connectivity index (χ0v) is 17.1. The van der Waals surface area contributed by atoms with Gasteiger partial charge in [-0.05, 0) is 44.0 Å². The van der Waals surface area contributed by atoms with Crippen molar-refractivity contribution in [3.63, 3.8) is 0 Å². The number of aryl methyl sites for hydroxylation is 1.